The topological polar surface area (TPSA) is 8.81 Å². The summed E-state index contributed by atoms with van der Waals surface area (Å²) in [5.41, 5.74) is 0. The van der Waals surface area contributed by atoms with E-state index in [-0.39, 0.29) is 0 Å². The lowest BCUT2D eigenvalue weighted by atomic mass is 10.1. The number of aryl methyl sites for hydroxylation is 2. The molecule has 1 heterocycles. The van der Waals surface area contributed by atoms with Gasteiger partial charge in [0.2, 0.25) is 6.33 Å². The van der Waals surface area contributed by atoms with Gasteiger partial charge >= 0.3 is 0 Å². The third-order valence-electron chi connectivity index (χ3n) is 4.17. The van der Waals surface area contributed by atoms with Crippen LogP contribution in [0.2, 0.25) is 0 Å². The second-order valence-electron chi connectivity index (χ2n) is 6.46. The van der Waals surface area contributed by atoms with Crippen molar-refractivity contribution in [2.75, 3.05) is 11.5 Å². The van der Waals surface area contributed by atoms with Gasteiger partial charge in [-0.2, -0.15) is 11.8 Å². The highest BCUT2D eigenvalue weighted by atomic mass is 32.2. The summed E-state index contributed by atoms with van der Waals surface area (Å²) < 4.78 is 4.40. The van der Waals surface area contributed by atoms with Gasteiger partial charge in [-0.3, -0.25) is 0 Å². The first-order valence-corrected chi connectivity index (χ1v) is 10.6. The van der Waals surface area contributed by atoms with Crippen molar-refractivity contribution in [2.24, 2.45) is 7.05 Å². The minimum atomic E-state index is 1.17. The number of imidazole rings is 1. The molecule has 0 saturated heterocycles. The minimum Gasteiger partial charge on any atom is -0.240 e. The zero-order valence-corrected chi connectivity index (χ0v) is 15.8. The Balaban J connectivity index is 1.73. The van der Waals surface area contributed by atoms with Crippen molar-refractivity contribution in [3.63, 3.8) is 0 Å². The van der Waals surface area contributed by atoms with Crippen LogP contribution in [0.25, 0.3) is 0 Å². The predicted octanol–water partition coefficient (Wildman–Crippen LogP) is 5.36. The van der Waals surface area contributed by atoms with Gasteiger partial charge in [0, 0.05) is 0 Å². The SMILES string of the molecule is CCCCCCCCCSCCCCCCn1cc[n+](C)c1. The van der Waals surface area contributed by atoms with Gasteiger partial charge in [-0.05, 0) is 37.2 Å². The molecular weight excluding hydrogens is 288 g/mol. The molecule has 2 nitrogen and oxygen atoms in total. The average molecular weight is 326 g/mol. The van der Waals surface area contributed by atoms with E-state index >= 15 is 0 Å². The van der Waals surface area contributed by atoms with Crippen LogP contribution in [0.1, 0.15) is 77.6 Å². The lowest BCUT2D eigenvalue weighted by Gasteiger charge is -2.03. The Morgan fingerprint density at radius 1 is 0.818 bits per heavy atom. The van der Waals surface area contributed by atoms with Crippen molar-refractivity contribution in [3.05, 3.63) is 18.7 Å². The van der Waals surface area contributed by atoms with Gasteiger partial charge in [0.05, 0.1) is 13.6 Å². The standard InChI is InChI=1S/C19H37N2S/c1-3-4-5-6-7-9-12-17-22-18-13-10-8-11-14-21-16-15-20(2)19-21/h15-16,19H,3-14,17-18H2,1-2H3/q+1. The summed E-state index contributed by atoms with van der Waals surface area (Å²) in [5, 5.41) is 0. The fourth-order valence-electron chi connectivity index (χ4n) is 2.75. The molecule has 0 saturated carbocycles. The Kier molecular flexibility index (Phi) is 12.6. The first-order chi connectivity index (χ1) is 10.8. The summed E-state index contributed by atoms with van der Waals surface area (Å²) >= 11 is 2.17. The first-order valence-electron chi connectivity index (χ1n) is 9.41. The van der Waals surface area contributed by atoms with E-state index in [0.29, 0.717) is 0 Å². The zero-order chi connectivity index (χ0) is 15.9. The van der Waals surface area contributed by atoms with Crippen molar-refractivity contribution >= 4 is 11.8 Å². The molecule has 128 valence electrons. The first kappa shape index (κ1) is 19.6. The summed E-state index contributed by atoms with van der Waals surface area (Å²) in [7, 11) is 2.08. The molecular formula is C19H37N2S+. The van der Waals surface area contributed by atoms with E-state index in [1.165, 1.54) is 88.7 Å². The van der Waals surface area contributed by atoms with Crippen LogP contribution in [0, 0.1) is 0 Å². The molecule has 3 heteroatoms. The second-order valence-corrected chi connectivity index (χ2v) is 7.69. The largest absolute Gasteiger partial charge is 0.243 e. The summed E-state index contributed by atoms with van der Waals surface area (Å²) in [4.78, 5) is 0. The summed E-state index contributed by atoms with van der Waals surface area (Å²) in [6, 6.07) is 0. The highest BCUT2D eigenvalue weighted by molar-refractivity contribution is 7.99. The van der Waals surface area contributed by atoms with Crippen LogP contribution in [0.5, 0.6) is 0 Å². The van der Waals surface area contributed by atoms with Gasteiger partial charge in [-0.1, -0.05) is 51.9 Å². The van der Waals surface area contributed by atoms with Crippen molar-refractivity contribution in [2.45, 2.75) is 84.1 Å². The van der Waals surface area contributed by atoms with Gasteiger partial charge < -0.3 is 0 Å². The Bertz CT molecular complexity index is 349. The molecule has 0 aliphatic carbocycles. The molecule has 1 rings (SSSR count). The molecule has 0 unspecified atom stereocenters. The number of nitrogens with zero attached hydrogens (tertiary/aromatic N) is 2. The van der Waals surface area contributed by atoms with E-state index in [9.17, 15) is 0 Å². The van der Waals surface area contributed by atoms with Crippen LogP contribution >= 0.6 is 11.8 Å². The maximum absolute atomic E-state index is 2.29. The molecule has 0 aromatic carbocycles. The summed E-state index contributed by atoms with van der Waals surface area (Å²) in [6.07, 6.45) is 22.0. The van der Waals surface area contributed by atoms with E-state index in [2.05, 4.69) is 53.6 Å². The summed E-state index contributed by atoms with van der Waals surface area (Å²) in [6.45, 7) is 3.46. The van der Waals surface area contributed by atoms with Gasteiger partial charge in [0.1, 0.15) is 12.4 Å². The molecule has 0 amide bonds. The number of unbranched alkanes of at least 4 members (excludes halogenated alkanes) is 9. The monoisotopic (exact) mass is 325 g/mol. The third-order valence-corrected chi connectivity index (χ3v) is 5.33. The molecule has 0 fully saturated rings. The Hall–Kier alpha value is -0.440. The van der Waals surface area contributed by atoms with E-state index in [1.807, 2.05) is 0 Å². The number of rotatable bonds is 15. The smallest absolute Gasteiger partial charge is 0.240 e. The predicted molar refractivity (Wildman–Crippen MR) is 99.4 cm³/mol. The van der Waals surface area contributed by atoms with Crippen molar-refractivity contribution in [1.29, 1.82) is 0 Å². The van der Waals surface area contributed by atoms with Crippen LogP contribution in [0.15, 0.2) is 18.7 Å². The maximum Gasteiger partial charge on any atom is 0.243 e. The van der Waals surface area contributed by atoms with Crippen LogP contribution in [-0.2, 0) is 13.6 Å². The van der Waals surface area contributed by atoms with E-state index in [4.69, 9.17) is 0 Å². The number of hydrogen-bond acceptors (Lipinski definition) is 1. The fourth-order valence-corrected chi connectivity index (χ4v) is 3.77. The highest BCUT2D eigenvalue weighted by Crippen LogP contribution is 2.13. The van der Waals surface area contributed by atoms with Crippen LogP contribution in [0.3, 0.4) is 0 Å². The van der Waals surface area contributed by atoms with Gasteiger partial charge in [-0.25, -0.2) is 9.13 Å². The molecule has 1 aromatic heterocycles. The molecule has 0 N–H and O–H groups in total. The highest BCUT2D eigenvalue weighted by Gasteiger charge is 1.99. The lowest BCUT2D eigenvalue weighted by Crippen LogP contribution is -2.23. The zero-order valence-electron chi connectivity index (χ0n) is 14.9. The molecule has 0 radical (unpaired) electrons. The number of thioether (sulfide) groups is 1. The number of hydrogen-bond donors (Lipinski definition) is 0. The molecule has 0 atom stereocenters. The van der Waals surface area contributed by atoms with Crippen LogP contribution < -0.4 is 4.57 Å². The molecule has 1 aromatic rings. The molecule has 0 spiro atoms. The van der Waals surface area contributed by atoms with E-state index < -0.39 is 0 Å². The average Bonchev–Trinajstić information content (AvgIpc) is 2.93. The van der Waals surface area contributed by atoms with E-state index in [0.717, 1.165) is 0 Å². The van der Waals surface area contributed by atoms with Gasteiger partial charge in [0.25, 0.3) is 0 Å². The van der Waals surface area contributed by atoms with Crippen molar-refractivity contribution in [1.82, 2.24) is 4.57 Å². The van der Waals surface area contributed by atoms with Crippen LogP contribution in [-0.4, -0.2) is 16.1 Å². The fraction of sp³-hybridized carbons (Fsp3) is 0.842. The Morgan fingerprint density at radius 3 is 2.00 bits per heavy atom. The van der Waals surface area contributed by atoms with E-state index in [1.54, 1.807) is 0 Å². The minimum absolute atomic E-state index is 1.17. The van der Waals surface area contributed by atoms with Gasteiger partial charge in [-0.15, -0.1) is 0 Å². The number of aromatic nitrogens is 2. The third kappa shape index (κ3) is 11.2. The summed E-state index contributed by atoms with van der Waals surface area (Å²) in [5.74, 6) is 2.75. The van der Waals surface area contributed by atoms with Crippen molar-refractivity contribution < 1.29 is 4.57 Å². The van der Waals surface area contributed by atoms with Crippen molar-refractivity contribution in [3.8, 4) is 0 Å². The molecule has 0 aliphatic rings. The molecule has 0 aliphatic heterocycles. The molecule has 22 heavy (non-hydrogen) atoms. The quantitative estimate of drug-likeness (QED) is 0.311. The normalized spacial score (nSPS) is 11.2. The second kappa shape index (κ2) is 14.2. The Labute approximate surface area is 142 Å². The van der Waals surface area contributed by atoms with Gasteiger partial charge in [0.15, 0.2) is 0 Å². The lowest BCUT2D eigenvalue weighted by molar-refractivity contribution is -0.671. The van der Waals surface area contributed by atoms with Crippen LogP contribution in [0.4, 0.5) is 0 Å². The Morgan fingerprint density at radius 2 is 1.41 bits per heavy atom. The molecule has 0 bridgehead atoms. The maximum atomic E-state index is 2.29.